The van der Waals surface area contributed by atoms with E-state index in [1.807, 2.05) is 0 Å². The summed E-state index contributed by atoms with van der Waals surface area (Å²) in [5.41, 5.74) is 0. The summed E-state index contributed by atoms with van der Waals surface area (Å²) >= 11 is 0. The molecular weight excluding hydrogens is 210 g/mol. The highest BCUT2D eigenvalue weighted by Crippen LogP contribution is 2.36. The molecule has 0 spiro atoms. The maximum absolute atomic E-state index is 3.42. The first kappa shape index (κ1) is 13.3. The van der Waals surface area contributed by atoms with Gasteiger partial charge in [0, 0.05) is 45.3 Å². The molecule has 2 rings (SSSR count). The van der Waals surface area contributed by atoms with E-state index in [-0.39, 0.29) is 0 Å². The van der Waals surface area contributed by atoms with Gasteiger partial charge in [0.2, 0.25) is 0 Å². The van der Waals surface area contributed by atoms with Gasteiger partial charge in [-0.2, -0.15) is 0 Å². The third-order valence-corrected chi connectivity index (χ3v) is 4.30. The van der Waals surface area contributed by atoms with E-state index in [1.54, 1.807) is 0 Å². The fourth-order valence-electron chi connectivity index (χ4n) is 2.99. The van der Waals surface area contributed by atoms with Crippen LogP contribution in [0.3, 0.4) is 0 Å². The molecule has 0 aromatic heterocycles. The molecule has 0 aromatic rings. The highest BCUT2D eigenvalue weighted by molar-refractivity contribution is 4.87. The minimum Gasteiger partial charge on any atom is -0.314 e. The van der Waals surface area contributed by atoms with Crippen LogP contribution in [0, 0.1) is 5.92 Å². The molecule has 0 aromatic carbocycles. The number of nitrogens with one attached hydrogen (secondary N) is 1. The van der Waals surface area contributed by atoms with Gasteiger partial charge >= 0.3 is 0 Å². The van der Waals surface area contributed by atoms with Crippen molar-refractivity contribution in [3.63, 3.8) is 0 Å². The monoisotopic (exact) mass is 239 g/mol. The molecule has 1 aliphatic carbocycles. The van der Waals surface area contributed by atoms with Gasteiger partial charge in [-0.05, 0) is 32.2 Å². The maximum Gasteiger partial charge on any atom is 0.0121 e. The molecule has 0 amide bonds. The van der Waals surface area contributed by atoms with E-state index in [4.69, 9.17) is 0 Å². The average molecular weight is 239 g/mol. The second kappa shape index (κ2) is 6.72. The van der Waals surface area contributed by atoms with Crippen molar-refractivity contribution < 1.29 is 0 Å². The quantitative estimate of drug-likeness (QED) is 0.724. The van der Waals surface area contributed by atoms with E-state index in [0.717, 1.165) is 12.0 Å². The molecule has 0 radical (unpaired) electrons. The highest BCUT2D eigenvalue weighted by atomic mass is 15.2. The van der Waals surface area contributed by atoms with E-state index in [1.165, 1.54) is 65.0 Å². The Morgan fingerprint density at radius 1 is 1.29 bits per heavy atom. The Labute approximate surface area is 107 Å². The van der Waals surface area contributed by atoms with Gasteiger partial charge in [0.15, 0.2) is 0 Å². The molecule has 1 unspecified atom stereocenters. The summed E-state index contributed by atoms with van der Waals surface area (Å²) in [6, 6.07) is 0.864. The molecular formula is C14H29N3. The molecule has 3 heteroatoms. The van der Waals surface area contributed by atoms with Crippen LogP contribution >= 0.6 is 0 Å². The Hall–Kier alpha value is -0.120. The Kier molecular flexibility index (Phi) is 5.26. The predicted octanol–water partition coefficient (Wildman–Crippen LogP) is 1.40. The molecule has 1 saturated carbocycles. The molecule has 3 nitrogen and oxygen atoms in total. The number of nitrogens with zero attached hydrogens (tertiary/aromatic N) is 2. The molecule has 1 aliphatic heterocycles. The third kappa shape index (κ3) is 4.23. The molecule has 1 saturated heterocycles. The van der Waals surface area contributed by atoms with E-state index in [0.29, 0.717) is 0 Å². The van der Waals surface area contributed by atoms with Crippen LogP contribution in [0.5, 0.6) is 0 Å². The summed E-state index contributed by atoms with van der Waals surface area (Å²) in [7, 11) is 2.33. The van der Waals surface area contributed by atoms with Gasteiger partial charge in [-0.3, -0.25) is 4.90 Å². The van der Waals surface area contributed by atoms with Crippen LogP contribution in [0.15, 0.2) is 0 Å². The molecule has 2 fully saturated rings. The summed E-state index contributed by atoms with van der Waals surface area (Å²) < 4.78 is 0. The lowest BCUT2D eigenvalue weighted by molar-refractivity contribution is 0.159. The standard InChI is InChI=1S/C14H29N3/c1-3-4-14(13-5-6-13)16(2)11-12-17-9-7-15-8-10-17/h13-15H,3-12H2,1-2H3. The number of piperazine rings is 1. The number of hydrogen-bond acceptors (Lipinski definition) is 3. The molecule has 100 valence electrons. The van der Waals surface area contributed by atoms with Crippen molar-refractivity contribution in [1.29, 1.82) is 0 Å². The summed E-state index contributed by atoms with van der Waals surface area (Å²) in [5.74, 6) is 1.02. The fourth-order valence-corrected chi connectivity index (χ4v) is 2.99. The smallest absolute Gasteiger partial charge is 0.0121 e. The second-order valence-electron chi connectivity index (χ2n) is 5.77. The van der Waals surface area contributed by atoms with Crippen LogP contribution in [-0.4, -0.2) is 62.2 Å². The van der Waals surface area contributed by atoms with Crippen LogP contribution < -0.4 is 5.32 Å². The van der Waals surface area contributed by atoms with Gasteiger partial charge in [0.1, 0.15) is 0 Å². The van der Waals surface area contributed by atoms with Gasteiger partial charge in [0.05, 0.1) is 0 Å². The third-order valence-electron chi connectivity index (χ3n) is 4.30. The van der Waals surface area contributed by atoms with Crippen molar-refractivity contribution >= 4 is 0 Å². The lowest BCUT2D eigenvalue weighted by atomic mass is 10.1. The van der Waals surface area contributed by atoms with Crippen LogP contribution in [-0.2, 0) is 0 Å². The molecule has 1 atom stereocenters. The largest absolute Gasteiger partial charge is 0.314 e. The first-order chi connectivity index (χ1) is 8.31. The van der Waals surface area contributed by atoms with Gasteiger partial charge in [-0.1, -0.05) is 13.3 Å². The van der Waals surface area contributed by atoms with E-state index in [9.17, 15) is 0 Å². The zero-order valence-corrected chi connectivity index (χ0v) is 11.6. The van der Waals surface area contributed by atoms with E-state index < -0.39 is 0 Å². The minimum absolute atomic E-state index is 0.864. The zero-order valence-electron chi connectivity index (χ0n) is 11.6. The summed E-state index contributed by atoms with van der Waals surface area (Å²) in [4.78, 5) is 5.23. The first-order valence-corrected chi connectivity index (χ1v) is 7.44. The predicted molar refractivity (Wildman–Crippen MR) is 73.4 cm³/mol. The topological polar surface area (TPSA) is 18.5 Å². The zero-order chi connectivity index (χ0) is 12.1. The van der Waals surface area contributed by atoms with Crippen molar-refractivity contribution in [3.05, 3.63) is 0 Å². The highest BCUT2D eigenvalue weighted by Gasteiger charge is 2.32. The SMILES string of the molecule is CCCC(C1CC1)N(C)CCN1CCNCC1. The van der Waals surface area contributed by atoms with Crippen molar-refractivity contribution in [2.24, 2.45) is 5.92 Å². The number of hydrogen-bond donors (Lipinski definition) is 1. The Morgan fingerprint density at radius 2 is 2.00 bits per heavy atom. The molecule has 0 bridgehead atoms. The molecule has 17 heavy (non-hydrogen) atoms. The maximum atomic E-state index is 3.42. The van der Waals surface area contributed by atoms with Crippen LogP contribution in [0.4, 0.5) is 0 Å². The summed E-state index contributed by atoms with van der Waals surface area (Å²) in [6.45, 7) is 9.63. The van der Waals surface area contributed by atoms with Crippen LogP contribution in [0.2, 0.25) is 0 Å². The van der Waals surface area contributed by atoms with Crippen molar-refractivity contribution in [2.45, 2.75) is 38.6 Å². The summed E-state index contributed by atoms with van der Waals surface area (Å²) in [5, 5.41) is 3.42. The van der Waals surface area contributed by atoms with Crippen molar-refractivity contribution in [3.8, 4) is 0 Å². The van der Waals surface area contributed by atoms with Gasteiger partial charge in [-0.15, -0.1) is 0 Å². The minimum atomic E-state index is 0.864. The lowest BCUT2D eigenvalue weighted by Gasteiger charge is -2.32. The van der Waals surface area contributed by atoms with Crippen LogP contribution in [0.25, 0.3) is 0 Å². The first-order valence-electron chi connectivity index (χ1n) is 7.44. The summed E-state index contributed by atoms with van der Waals surface area (Å²) in [6.07, 6.45) is 5.67. The Morgan fingerprint density at radius 3 is 2.59 bits per heavy atom. The number of likely N-dealkylation sites (N-methyl/N-ethyl adjacent to an activating group) is 1. The molecule has 1 N–H and O–H groups in total. The Bertz CT molecular complexity index is 210. The van der Waals surface area contributed by atoms with Crippen molar-refractivity contribution in [2.75, 3.05) is 46.3 Å². The van der Waals surface area contributed by atoms with E-state index >= 15 is 0 Å². The van der Waals surface area contributed by atoms with Crippen molar-refractivity contribution in [1.82, 2.24) is 15.1 Å². The van der Waals surface area contributed by atoms with Gasteiger partial charge in [0.25, 0.3) is 0 Å². The van der Waals surface area contributed by atoms with Gasteiger partial charge < -0.3 is 10.2 Å². The molecule has 2 aliphatic rings. The van der Waals surface area contributed by atoms with E-state index in [2.05, 4.69) is 29.1 Å². The number of rotatable bonds is 7. The second-order valence-corrected chi connectivity index (χ2v) is 5.77. The Balaban J connectivity index is 1.68. The average Bonchev–Trinajstić information content (AvgIpc) is 3.18. The lowest BCUT2D eigenvalue weighted by Crippen LogP contribution is -2.47. The fraction of sp³-hybridized carbons (Fsp3) is 1.00. The van der Waals surface area contributed by atoms with Crippen LogP contribution in [0.1, 0.15) is 32.6 Å². The molecule has 1 heterocycles. The normalized spacial score (nSPS) is 24.2. The van der Waals surface area contributed by atoms with Gasteiger partial charge in [-0.25, -0.2) is 0 Å².